The van der Waals surface area contributed by atoms with Crippen LogP contribution in [0.25, 0.3) is 22.2 Å². The molecule has 2 aromatic heterocycles. The number of aromatic nitrogens is 3. The molecule has 0 aliphatic heterocycles. The monoisotopic (exact) mass is 329 g/mol. The summed E-state index contributed by atoms with van der Waals surface area (Å²) in [7, 11) is 1.62. The zero-order valence-electron chi connectivity index (χ0n) is 14.3. The summed E-state index contributed by atoms with van der Waals surface area (Å²) in [6, 6.07) is 20.9. The van der Waals surface area contributed by atoms with Gasteiger partial charge in [0.25, 0.3) is 0 Å². The van der Waals surface area contributed by atoms with Crippen LogP contribution < -0.4 is 4.74 Å². The third kappa shape index (κ3) is 2.87. The van der Waals surface area contributed by atoms with Crippen molar-refractivity contribution < 1.29 is 4.74 Å². The summed E-state index contributed by atoms with van der Waals surface area (Å²) in [6.07, 6.45) is 3.75. The molecule has 0 fully saturated rings. The first-order valence-corrected chi connectivity index (χ1v) is 8.28. The highest BCUT2D eigenvalue weighted by Crippen LogP contribution is 2.28. The number of hydrogen-bond donors (Lipinski definition) is 0. The molecule has 0 bridgehead atoms. The SMILES string of the molecule is COc1ccc(-c2ccc3ncn([C@@H](C)c4ccccc4)c3c2)cn1. The third-order valence-corrected chi connectivity index (χ3v) is 4.55. The first kappa shape index (κ1) is 15.4. The third-order valence-electron chi connectivity index (χ3n) is 4.55. The topological polar surface area (TPSA) is 39.9 Å². The highest BCUT2D eigenvalue weighted by atomic mass is 16.5. The molecule has 124 valence electrons. The van der Waals surface area contributed by atoms with Crippen molar-refractivity contribution in [3.05, 3.63) is 78.8 Å². The number of imidazole rings is 1. The van der Waals surface area contributed by atoms with Crippen molar-refractivity contribution in [3.63, 3.8) is 0 Å². The van der Waals surface area contributed by atoms with Gasteiger partial charge in [-0.3, -0.25) is 0 Å². The Hall–Kier alpha value is -3.14. The fourth-order valence-electron chi connectivity index (χ4n) is 3.08. The Bertz CT molecular complexity index is 991. The highest BCUT2D eigenvalue weighted by molar-refractivity contribution is 5.82. The lowest BCUT2D eigenvalue weighted by molar-refractivity contribution is 0.398. The fourth-order valence-corrected chi connectivity index (χ4v) is 3.08. The van der Waals surface area contributed by atoms with Crippen molar-refractivity contribution in [2.75, 3.05) is 7.11 Å². The largest absolute Gasteiger partial charge is 0.481 e. The van der Waals surface area contributed by atoms with Crippen molar-refractivity contribution in [2.24, 2.45) is 0 Å². The van der Waals surface area contributed by atoms with Crippen molar-refractivity contribution in [2.45, 2.75) is 13.0 Å². The lowest BCUT2D eigenvalue weighted by Crippen LogP contribution is -2.05. The van der Waals surface area contributed by atoms with Gasteiger partial charge in [-0.15, -0.1) is 0 Å². The molecule has 4 rings (SSSR count). The van der Waals surface area contributed by atoms with E-state index in [1.54, 1.807) is 7.11 Å². The summed E-state index contributed by atoms with van der Waals surface area (Å²) in [5.41, 5.74) is 5.54. The molecular weight excluding hydrogens is 310 g/mol. The molecule has 0 saturated carbocycles. The quantitative estimate of drug-likeness (QED) is 0.544. The van der Waals surface area contributed by atoms with E-state index in [1.165, 1.54) is 5.56 Å². The van der Waals surface area contributed by atoms with Crippen LogP contribution >= 0.6 is 0 Å². The van der Waals surface area contributed by atoms with Gasteiger partial charge in [0.1, 0.15) is 0 Å². The molecule has 0 N–H and O–H groups in total. The van der Waals surface area contributed by atoms with Gasteiger partial charge in [-0.1, -0.05) is 36.4 Å². The zero-order valence-corrected chi connectivity index (χ0v) is 14.3. The van der Waals surface area contributed by atoms with E-state index in [9.17, 15) is 0 Å². The molecule has 0 radical (unpaired) electrons. The van der Waals surface area contributed by atoms with E-state index in [1.807, 2.05) is 30.7 Å². The molecule has 4 nitrogen and oxygen atoms in total. The van der Waals surface area contributed by atoms with Crippen LogP contribution in [-0.4, -0.2) is 21.6 Å². The van der Waals surface area contributed by atoms with Crippen LogP contribution in [-0.2, 0) is 0 Å². The van der Waals surface area contributed by atoms with E-state index in [0.717, 1.165) is 22.2 Å². The standard InChI is InChI=1S/C21H19N3O/c1-15(16-6-4-3-5-7-16)24-14-23-19-10-8-17(12-20(19)24)18-9-11-21(25-2)22-13-18/h3-15H,1-2H3/t15-/m0/s1. The molecule has 2 aromatic carbocycles. The van der Waals surface area contributed by atoms with Gasteiger partial charge in [-0.2, -0.15) is 0 Å². The van der Waals surface area contributed by atoms with E-state index < -0.39 is 0 Å². The number of rotatable bonds is 4. The van der Waals surface area contributed by atoms with E-state index in [4.69, 9.17) is 4.74 Å². The summed E-state index contributed by atoms with van der Waals surface area (Å²) >= 11 is 0. The van der Waals surface area contributed by atoms with Crippen LogP contribution in [0.15, 0.2) is 73.2 Å². The number of ether oxygens (including phenoxy) is 1. The first-order valence-electron chi connectivity index (χ1n) is 8.28. The fraction of sp³-hybridized carbons (Fsp3) is 0.143. The van der Waals surface area contributed by atoms with Gasteiger partial charge in [-0.05, 0) is 36.2 Å². The minimum atomic E-state index is 0.218. The Morgan fingerprint density at radius 1 is 0.920 bits per heavy atom. The first-order chi connectivity index (χ1) is 12.3. The van der Waals surface area contributed by atoms with Crippen molar-refractivity contribution in [3.8, 4) is 17.0 Å². The summed E-state index contributed by atoms with van der Waals surface area (Å²) in [6.45, 7) is 2.19. The second-order valence-corrected chi connectivity index (χ2v) is 6.03. The molecule has 0 spiro atoms. The predicted molar refractivity (Wildman–Crippen MR) is 99.8 cm³/mol. The van der Waals surface area contributed by atoms with Gasteiger partial charge in [0.05, 0.1) is 30.5 Å². The molecular formula is C21H19N3O. The van der Waals surface area contributed by atoms with Gasteiger partial charge in [-0.25, -0.2) is 9.97 Å². The second-order valence-electron chi connectivity index (χ2n) is 6.03. The molecule has 4 aromatic rings. The van der Waals surface area contributed by atoms with Gasteiger partial charge in [0.2, 0.25) is 5.88 Å². The number of fused-ring (bicyclic) bond motifs is 1. The molecule has 2 heterocycles. The van der Waals surface area contributed by atoms with Crippen molar-refractivity contribution in [1.82, 2.24) is 14.5 Å². The van der Waals surface area contributed by atoms with Crippen LogP contribution in [0, 0.1) is 0 Å². The van der Waals surface area contributed by atoms with E-state index in [2.05, 4.69) is 63.9 Å². The number of benzene rings is 2. The Balaban J connectivity index is 1.77. The van der Waals surface area contributed by atoms with Crippen LogP contribution in [0.1, 0.15) is 18.5 Å². The molecule has 0 aliphatic rings. The van der Waals surface area contributed by atoms with E-state index in [-0.39, 0.29) is 6.04 Å². The van der Waals surface area contributed by atoms with E-state index >= 15 is 0 Å². The van der Waals surface area contributed by atoms with Crippen molar-refractivity contribution in [1.29, 1.82) is 0 Å². The second kappa shape index (κ2) is 6.40. The normalized spacial score (nSPS) is 12.2. The summed E-state index contributed by atoms with van der Waals surface area (Å²) < 4.78 is 7.35. The molecule has 25 heavy (non-hydrogen) atoms. The maximum Gasteiger partial charge on any atom is 0.212 e. The Morgan fingerprint density at radius 3 is 2.44 bits per heavy atom. The lowest BCUT2D eigenvalue weighted by Gasteiger charge is -2.15. The van der Waals surface area contributed by atoms with Crippen LogP contribution in [0.3, 0.4) is 0 Å². The summed E-state index contributed by atoms with van der Waals surface area (Å²) in [4.78, 5) is 8.86. The van der Waals surface area contributed by atoms with Gasteiger partial charge < -0.3 is 9.30 Å². The number of nitrogens with zero attached hydrogens (tertiary/aromatic N) is 3. The van der Waals surface area contributed by atoms with Gasteiger partial charge in [0, 0.05) is 17.8 Å². The summed E-state index contributed by atoms with van der Waals surface area (Å²) in [5, 5.41) is 0. The summed E-state index contributed by atoms with van der Waals surface area (Å²) in [5.74, 6) is 0.618. The highest BCUT2D eigenvalue weighted by Gasteiger charge is 2.12. The Labute approximate surface area is 146 Å². The van der Waals surface area contributed by atoms with Crippen LogP contribution in [0.2, 0.25) is 0 Å². The Morgan fingerprint density at radius 2 is 1.72 bits per heavy atom. The van der Waals surface area contributed by atoms with E-state index in [0.29, 0.717) is 5.88 Å². The Kier molecular flexibility index (Phi) is 3.94. The van der Waals surface area contributed by atoms with Gasteiger partial charge >= 0.3 is 0 Å². The van der Waals surface area contributed by atoms with Gasteiger partial charge in [0.15, 0.2) is 0 Å². The minimum absolute atomic E-state index is 0.218. The maximum absolute atomic E-state index is 5.14. The van der Waals surface area contributed by atoms with Crippen molar-refractivity contribution >= 4 is 11.0 Å². The minimum Gasteiger partial charge on any atom is -0.481 e. The number of methoxy groups -OCH3 is 1. The average molecular weight is 329 g/mol. The maximum atomic E-state index is 5.14. The number of hydrogen-bond acceptors (Lipinski definition) is 3. The molecule has 1 atom stereocenters. The van der Waals surface area contributed by atoms with Crippen LogP contribution in [0.5, 0.6) is 5.88 Å². The zero-order chi connectivity index (χ0) is 17.2. The van der Waals surface area contributed by atoms with Crippen LogP contribution in [0.4, 0.5) is 0 Å². The molecule has 0 aliphatic carbocycles. The number of pyridine rings is 1. The lowest BCUT2D eigenvalue weighted by atomic mass is 10.1. The average Bonchev–Trinajstić information content (AvgIpc) is 3.11. The molecule has 0 amide bonds. The smallest absolute Gasteiger partial charge is 0.212 e. The predicted octanol–water partition coefficient (Wildman–Crippen LogP) is 4.72. The molecule has 0 saturated heterocycles. The molecule has 0 unspecified atom stereocenters. The molecule has 4 heteroatoms.